The van der Waals surface area contributed by atoms with Crippen LogP contribution in [0.3, 0.4) is 0 Å². The quantitative estimate of drug-likeness (QED) is 0.383. The van der Waals surface area contributed by atoms with Gasteiger partial charge in [-0.3, -0.25) is 4.79 Å². The molecule has 172 valence electrons. The Kier molecular flexibility index (Phi) is 7.26. The Bertz CT molecular complexity index is 1180. The van der Waals surface area contributed by atoms with Crippen LogP contribution in [0.5, 0.6) is 5.75 Å². The van der Waals surface area contributed by atoms with Crippen LogP contribution in [-0.2, 0) is 14.8 Å². The van der Waals surface area contributed by atoms with Crippen LogP contribution in [0.15, 0.2) is 82.3 Å². The first-order chi connectivity index (χ1) is 16.0. The average molecular weight is 467 g/mol. The molecule has 3 aromatic rings. The summed E-state index contributed by atoms with van der Waals surface area (Å²) in [4.78, 5) is 13.1. The van der Waals surface area contributed by atoms with Crippen molar-refractivity contribution >= 4 is 27.6 Å². The molecule has 0 saturated carbocycles. The molecule has 1 aliphatic heterocycles. The number of hydrogen-bond donors (Lipinski definition) is 1. The number of carbonyl (C=O) groups is 1. The van der Waals surface area contributed by atoms with Gasteiger partial charge in [-0.2, -0.15) is 4.31 Å². The highest BCUT2D eigenvalue weighted by Crippen LogP contribution is 2.23. The minimum atomic E-state index is -3.44. The monoisotopic (exact) mass is 466 g/mol. The van der Waals surface area contributed by atoms with Crippen molar-refractivity contribution in [1.82, 2.24) is 9.62 Å². The van der Waals surface area contributed by atoms with E-state index in [0.29, 0.717) is 30.2 Å². The molecule has 7 nitrogen and oxygen atoms in total. The van der Waals surface area contributed by atoms with Crippen LogP contribution in [0, 0.1) is 0 Å². The van der Waals surface area contributed by atoms with Gasteiger partial charge >= 0.3 is 0 Å². The lowest BCUT2D eigenvalue weighted by Crippen LogP contribution is -2.29. The summed E-state index contributed by atoms with van der Waals surface area (Å²) in [6.07, 6.45) is 5.05. The van der Waals surface area contributed by atoms with E-state index in [4.69, 9.17) is 9.15 Å². The molecule has 0 unspecified atom stereocenters. The average Bonchev–Trinajstić information content (AvgIpc) is 3.56. The van der Waals surface area contributed by atoms with E-state index >= 15 is 0 Å². The molecule has 0 aliphatic carbocycles. The van der Waals surface area contributed by atoms with Gasteiger partial charge in [-0.05, 0) is 60.9 Å². The fourth-order valence-corrected chi connectivity index (χ4v) is 5.14. The van der Waals surface area contributed by atoms with Gasteiger partial charge in [0.2, 0.25) is 10.0 Å². The molecule has 1 fully saturated rings. The van der Waals surface area contributed by atoms with Gasteiger partial charge in [0.1, 0.15) is 18.1 Å². The second-order valence-electron chi connectivity index (χ2n) is 7.63. The SMILES string of the molecule is O=C(NCCOc1ccc(S(=O)(=O)N2CCCC2)cc1)/C(=C/c1ccco1)c1ccccc1. The zero-order chi connectivity index (χ0) is 23.1. The Morgan fingerprint density at radius 2 is 1.73 bits per heavy atom. The van der Waals surface area contributed by atoms with Crippen LogP contribution in [0.1, 0.15) is 24.2 Å². The molecule has 1 saturated heterocycles. The Morgan fingerprint density at radius 1 is 1.00 bits per heavy atom. The summed E-state index contributed by atoms with van der Waals surface area (Å²) in [7, 11) is -3.44. The lowest BCUT2D eigenvalue weighted by Gasteiger charge is -2.15. The van der Waals surface area contributed by atoms with Crippen molar-refractivity contribution in [1.29, 1.82) is 0 Å². The van der Waals surface area contributed by atoms with Crippen LogP contribution in [0.4, 0.5) is 0 Å². The topological polar surface area (TPSA) is 88.8 Å². The van der Waals surface area contributed by atoms with Crippen molar-refractivity contribution in [3.63, 3.8) is 0 Å². The van der Waals surface area contributed by atoms with Crippen LogP contribution in [0.25, 0.3) is 11.6 Å². The van der Waals surface area contributed by atoms with Crippen molar-refractivity contribution < 1.29 is 22.4 Å². The predicted molar refractivity (Wildman–Crippen MR) is 126 cm³/mol. The molecule has 8 heteroatoms. The van der Waals surface area contributed by atoms with Gasteiger partial charge in [0, 0.05) is 13.1 Å². The van der Waals surface area contributed by atoms with Crippen molar-refractivity contribution in [2.75, 3.05) is 26.2 Å². The van der Waals surface area contributed by atoms with Crippen LogP contribution in [-0.4, -0.2) is 44.9 Å². The summed E-state index contributed by atoms with van der Waals surface area (Å²) in [5.74, 6) is 0.886. The Balaban J connectivity index is 1.33. The summed E-state index contributed by atoms with van der Waals surface area (Å²) in [5, 5.41) is 2.86. The largest absolute Gasteiger partial charge is 0.492 e. The number of nitrogens with zero attached hydrogens (tertiary/aromatic N) is 1. The smallest absolute Gasteiger partial charge is 0.252 e. The zero-order valence-electron chi connectivity index (χ0n) is 18.1. The lowest BCUT2D eigenvalue weighted by atomic mass is 10.0. The van der Waals surface area contributed by atoms with Crippen molar-refractivity contribution in [2.45, 2.75) is 17.7 Å². The van der Waals surface area contributed by atoms with Crippen molar-refractivity contribution in [3.8, 4) is 5.75 Å². The van der Waals surface area contributed by atoms with E-state index in [9.17, 15) is 13.2 Å². The fourth-order valence-electron chi connectivity index (χ4n) is 3.63. The van der Waals surface area contributed by atoms with E-state index in [1.165, 1.54) is 4.31 Å². The summed E-state index contributed by atoms with van der Waals surface area (Å²) in [6, 6.07) is 19.3. The van der Waals surface area contributed by atoms with Crippen molar-refractivity contribution in [3.05, 3.63) is 84.3 Å². The molecule has 2 heterocycles. The Labute approximate surface area is 193 Å². The maximum Gasteiger partial charge on any atom is 0.252 e. The summed E-state index contributed by atoms with van der Waals surface area (Å²) in [6.45, 7) is 1.67. The van der Waals surface area contributed by atoms with Crippen LogP contribution >= 0.6 is 0 Å². The molecule has 0 spiro atoms. The van der Waals surface area contributed by atoms with E-state index < -0.39 is 10.0 Å². The van der Waals surface area contributed by atoms with E-state index in [1.54, 1.807) is 48.7 Å². The van der Waals surface area contributed by atoms with Gasteiger partial charge in [-0.15, -0.1) is 0 Å². The lowest BCUT2D eigenvalue weighted by molar-refractivity contribution is -0.115. The molecular weight excluding hydrogens is 440 g/mol. The molecular formula is C25H26N2O5S. The first kappa shape index (κ1) is 22.8. The van der Waals surface area contributed by atoms with Gasteiger partial charge in [0.25, 0.3) is 5.91 Å². The third-order valence-electron chi connectivity index (χ3n) is 5.34. The van der Waals surface area contributed by atoms with E-state index in [0.717, 1.165) is 18.4 Å². The minimum absolute atomic E-state index is 0.242. The number of amides is 1. The Morgan fingerprint density at radius 3 is 2.39 bits per heavy atom. The normalized spacial score (nSPS) is 14.8. The number of nitrogens with one attached hydrogen (secondary N) is 1. The van der Waals surface area contributed by atoms with Gasteiger partial charge in [-0.25, -0.2) is 8.42 Å². The number of benzene rings is 2. The number of ether oxygens (including phenoxy) is 1. The minimum Gasteiger partial charge on any atom is -0.492 e. The zero-order valence-corrected chi connectivity index (χ0v) is 19.0. The van der Waals surface area contributed by atoms with Gasteiger partial charge in [0.05, 0.1) is 23.3 Å². The molecule has 1 aromatic heterocycles. The highest BCUT2D eigenvalue weighted by atomic mass is 32.2. The number of furan rings is 1. The van der Waals surface area contributed by atoms with Gasteiger partial charge < -0.3 is 14.5 Å². The fraction of sp³-hybridized carbons (Fsp3) is 0.240. The molecule has 33 heavy (non-hydrogen) atoms. The highest BCUT2D eigenvalue weighted by molar-refractivity contribution is 7.89. The molecule has 0 bridgehead atoms. The molecule has 1 aliphatic rings. The second-order valence-corrected chi connectivity index (χ2v) is 9.56. The maximum atomic E-state index is 12.8. The molecule has 1 amide bonds. The van der Waals surface area contributed by atoms with E-state index in [1.807, 2.05) is 30.3 Å². The molecule has 0 atom stereocenters. The second kappa shape index (κ2) is 10.5. The maximum absolute atomic E-state index is 12.8. The van der Waals surface area contributed by atoms with Crippen LogP contribution < -0.4 is 10.1 Å². The van der Waals surface area contributed by atoms with E-state index in [2.05, 4.69) is 5.32 Å². The first-order valence-electron chi connectivity index (χ1n) is 10.9. The third kappa shape index (κ3) is 5.71. The summed E-state index contributed by atoms with van der Waals surface area (Å²) < 4.78 is 37.8. The molecule has 2 aromatic carbocycles. The van der Waals surface area contributed by atoms with Gasteiger partial charge in [0.15, 0.2) is 0 Å². The number of carbonyl (C=O) groups excluding carboxylic acids is 1. The first-order valence-corrected chi connectivity index (χ1v) is 12.3. The molecule has 0 radical (unpaired) electrons. The summed E-state index contributed by atoms with van der Waals surface area (Å²) >= 11 is 0. The highest BCUT2D eigenvalue weighted by Gasteiger charge is 2.26. The molecule has 4 rings (SSSR count). The third-order valence-corrected chi connectivity index (χ3v) is 7.25. The number of hydrogen-bond acceptors (Lipinski definition) is 5. The van der Waals surface area contributed by atoms with Gasteiger partial charge in [-0.1, -0.05) is 30.3 Å². The molecule has 1 N–H and O–H groups in total. The summed E-state index contributed by atoms with van der Waals surface area (Å²) in [5.41, 5.74) is 1.27. The Hall–Kier alpha value is -3.36. The standard InChI is InChI=1S/C25H26N2O5S/c28-25(24(19-22-9-6-17-31-22)20-7-2-1-3-8-20)26-14-18-32-21-10-12-23(13-11-21)33(29,30)27-15-4-5-16-27/h1-3,6-13,17,19H,4-5,14-16,18H2,(H,26,28)/b24-19+. The number of sulfonamides is 1. The van der Waals surface area contributed by atoms with Crippen LogP contribution in [0.2, 0.25) is 0 Å². The predicted octanol–water partition coefficient (Wildman–Crippen LogP) is 3.80. The number of rotatable bonds is 9. The van der Waals surface area contributed by atoms with E-state index in [-0.39, 0.29) is 24.0 Å². The van der Waals surface area contributed by atoms with Crippen molar-refractivity contribution in [2.24, 2.45) is 0 Å².